The quantitative estimate of drug-likeness (QED) is 0.840. The van der Waals surface area contributed by atoms with Gasteiger partial charge >= 0.3 is 11.8 Å². The molecule has 1 N–H and O–H groups in total. The first-order chi connectivity index (χ1) is 12.9. The third kappa shape index (κ3) is 4.44. The van der Waals surface area contributed by atoms with Gasteiger partial charge in [0.25, 0.3) is 0 Å². The van der Waals surface area contributed by atoms with Crippen LogP contribution in [0.15, 0.2) is 17.1 Å². The molecule has 0 saturated carbocycles. The van der Waals surface area contributed by atoms with Gasteiger partial charge in [-0.05, 0) is 18.4 Å². The van der Waals surface area contributed by atoms with E-state index in [1.165, 1.54) is 13.3 Å². The minimum Gasteiger partial charge on any atom is -0.453 e. The van der Waals surface area contributed by atoms with Gasteiger partial charge in [0, 0.05) is 38.9 Å². The van der Waals surface area contributed by atoms with Crippen LogP contribution in [-0.4, -0.2) is 70.3 Å². The van der Waals surface area contributed by atoms with E-state index in [0.29, 0.717) is 29.7 Å². The van der Waals surface area contributed by atoms with E-state index in [1.807, 2.05) is 0 Å². The summed E-state index contributed by atoms with van der Waals surface area (Å²) in [5, 5.41) is 0.505. The van der Waals surface area contributed by atoms with Crippen LogP contribution in [0.1, 0.15) is 26.3 Å². The van der Waals surface area contributed by atoms with Gasteiger partial charge in [-0.15, -0.1) is 0 Å². The molecular formula is C18H26ClN5O3. The van der Waals surface area contributed by atoms with Gasteiger partial charge in [-0.2, -0.15) is 0 Å². The van der Waals surface area contributed by atoms with E-state index in [2.05, 4.69) is 28.7 Å². The predicted molar refractivity (Wildman–Crippen MR) is 104 cm³/mol. The molecule has 0 spiro atoms. The van der Waals surface area contributed by atoms with Gasteiger partial charge in [0.2, 0.25) is 0 Å². The number of hydrogen-bond acceptors (Lipinski definition) is 5. The van der Waals surface area contributed by atoms with Gasteiger partial charge in [-0.3, -0.25) is 14.5 Å². The van der Waals surface area contributed by atoms with Crippen molar-refractivity contribution in [3.8, 4) is 0 Å². The Morgan fingerprint density at radius 1 is 1.33 bits per heavy atom. The Morgan fingerprint density at radius 2 is 2.04 bits per heavy atom. The van der Waals surface area contributed by atoms with Crippen LogP contribution in [0.4, 0.5) is 4.79 Å². The van der Waals surface area contributed by atoms with Gasteiger partial charge in [0.15, 0.2) is 5.65 Å². The number of methoxy groups -OCH3 is 1. The van der Waals surface area contributed by atoms with Crippen molar-refractivity contribution in [1.82, 2.24) is 24.3 Å². The van der Waals surface area contributed by atoms with Crippen LogP contribution in [0, 0.1) is 5.92 Å². The summed E-state index contributed by atoms with van der Waals surface area (Å²) >= 11 is 6.11. The molecule has 1 fully saturated rings. The van der Waals surface area contributed by atoms with Crippen molar-refractivity contribution in [2.45, 2.75) is 26.3 Å². The highest BCUT2D eigenvalue weighted by molar-refractivity contribution is 6.31. The molecule has 0 bridgehead atoms. The molecule has 1 atom stereocenters. The SMILES string of the molecule is COC(=O)N1CCN(CC(CC(C)C)n2c(=O)[nH]c3ncc(Cl)cc32)CC1. The Morgan fingerprint density at radius 3 is 2.67 bits per heavy atom. The normalized spacial score (nSPS) is 16.9. The number of carbonyl (C=O) groups excluding carboxylic acids is 1. The number of aromatic nitrogens is 3. The maximum Gasteiger partial charge on any atom is 0.409 e. The number of aromatic amines is 1. The summed E-state index contributed by atoms with van der Waals surface area (Å²) in [4.78, 5) is 35.3. The lowest BCUT2D eigenvalue weighted by atomic mass is 10.0. The second-order valence-electron chi connectivity index (χ2n) is 7.36. The number of nitrogens with one attached hydrogen (secondary N) is 1. The van der Waals surface area contributed by atoms with E-state index >= 15 is 0 Å². The number of nitrogens with zero attached hydrogens (tertiary/aromatic N) is 4. The Hall–Kier alpha value is -2.06. The first kappa shape index (κ1) is 19.7. The molecule has 3 heterocycles. The number of hydrogen-bond donors (Lipinski definition) is 1. The molecule has 27 heavy (non-hydrogen) atoms. The number of imidazole rings is 1. The molecule has 3 rings (SSSR count). The maximum atomic E-state index is 12.6. The lowest BCUT2D eigenvalue weighted by Crippen LogP contribution is -2.50. The van der Waals surface area contributed by atoms with Crippen LogP contribution in [0.3, 0.4) is 0 Å². The summed E-state index contributed by atoms with van der Waals surface area (Å²) in [7, 11) is 1.40. The second kappa shape index (κ2) is 8.31. The highest BCUT2D eigenvalue weighted by Crippen LogP contribution is 2.24. The van der Waals surface area contributed by atoms with Gasteiger partial charge in [-0.25, -0.2) is 14.6 Å². The van der Waals surface area contributed by atoms with Crippen molar-refractivity contribution in [2.24, 2.45) is 5.92 Å². The summed E-state index contributed by atoms with van der Waals surface area (Å²) in [5.41, 5.74) is 1.11. The molecule has 8 nitrogen and oxygen atoms in total. The summed E-state index contributed by atoms with van der Waals surface area (Å²) in [6.45, 7) is 7.77. The number of piperazine rings is 1. The lowest BCUT2D eigenvalue weighted by Gasteiger charge is -2.36. The van der Waals surface area contributed by atoms with Crippen LogP contribution in [-0.2, 0) is 4.74 Å². The number of fused-ring (bicyclic) bond motifs is 1. The fraction of sp³-hybridized carbons (Fsp3) is 0.611. The van der Waals surface area contributed by atoms with Crippen LogP contribution in [0.5, 0.6) is 0 Å². The van der Waals surface area contributed by atoms with Gasteiger partial charge in [0.05, 0.1) is 23.7 Å². The number of carbonyl (C=O) groups is 1. The maximum absolute atomic E-state index is 12.6. The molecule has 2 aromatic rings. The average molecular weight is 396 g/mol. The van der Waals surface area contributed by atoms with Crippen LogP contribution >= 0.6 is 11.6 Å². The van der Waals surface area contributed by atoms with Gasteiger partial charge < -0.3 is 9.64 Å². The topological polar surface area (TPSA) is 83.5 Å². The van der Waals surface area contributed by atoms with E-state index in [9.17, 15) is 9.59 Å². The van der Waals surface area contributed by atoms with Gasteiger partial charge in [0.1, 0.15) is 0 Å². The standard InChI is InChI=1S/C18H26ClN5O3/c1-12(2)8-14(11-22-4-6-23(7-5-22)18(26)27-3)24-15-9-13(19)10-20-16(15)21-17(24)25/h9-10,12,14H,4-8,11H2,1-3H3,(H,20,21,25). The van der Waals surface area contributed by atoms with E-state index in [4.69, 9.17) is 16.3 Å². The predicted octanol–water partition coefficient (Wildman–Crippen LogP) is 2.35. The summed E-state index contributed by atoms with van der Waals surface area (Å²) in [6.07, 6.45) is 2.10. The number of halogens is 1. The molecule has 0 radical (unpaired) electrons. The van der Waals surface area contributed by atoms with E-state index in [-0.39, 0.29) is 17.8 Å². The third-order valence-electron chi connectivity index (χ3n) is 4.92. The minimum absolute atomic E-state index is 0.00352. The first-order valence-electron chi connectivity index (χ1n) is 9.20. The van der Waals surface area contributed by atoms with Crippen molar-refractivity contribution in [2.75, 3.05) is 39.8 Å². The van der Waals surface area contributed by atoms with E-state index in [0.717, 1.165) is 31.6 Å². The molecule has 9 heteroatoms. The molecule has 1 amide bonds. The zero-order valence-corrected chi connectivity index (χ0v) is 16.7. The summed E-state index contributed by atoms with van der Waals surface area (Å²) in [5.74, 6) is 0.426. The zero-order valence-electron chi connectivity index (χ0n) is 15.9. The zero-order chi connectivity index (χ0) is 19.6. The Bertz CT molecular complexity index is 854. The molecule has 0 aromatic carbocycles. The highest BCUT2D eigenvalue weighted by Gasteiger charge is 2.26. The van der Waals surface area contributed by atoms with Crippen molar-refractivity contribution in [1.29, 1.82) is 0 Å². The van der Waals surface area contributed by atoms with E-state index < -0.39 is 0 Å². The Kier molecular flexibility index (Phi) is 6.06. The van der Waals surface area contributed by atoms with Gasteiger partial charge in [-0.1, -0.05) is 25.4 Å². The Balaban J connectivity index is 1.82. The van der Waals surface area contributed by atoms with Crippen LogP contribution < -0.4 is 5.69 Å². The van der Waals surface area contributed by atoms with Crippen LogP contribution in [0.2, 0.25) is 5.02 Å². The molecule has 1 unspecified atom stereocenters. The smallest absolute Gasteiger partial charge is 0.409 e. The molecule has 148 valence electrons. The molecule has 1 aliphatic rings. The molecule has 1 aliphatic heterocycles. The molecule has 2 aromatic heterocycles. The average Bonchev–Trinajstić information content (AvgIpc) is 2.95. The Labute approximate surface area is 163 Å². The summed E-state index contributed by atoms with van der Waals surface area (Å²) in [6, 6.07) is 1.78. The number of rotatable bonds is 5. The molecule has 0 aliphatic carbocycles. The van der Waals surface area contributed by atoms with Crippen molar-refractivity contribution >= 4 is 28.9 Å². The van der Waals surface area contributed by atoms with Crippen molar-refractivity contribution < 1.29 is 9.53 Å². The fourth-order valence-electron chi connectivity index (χ4n) is 3.69. The number of amides is 1. The van der Waals surface area contributed by atoms with Crippen LogP contribution in [0.25, 0.3) is 11.2 Å². The highest BCUT2D eigenvalue weighted by atomic mass is 35.5. The van der Waals surface area contributed by atoms with Crippen molar-refractivity contribution in [3.05, 3.63) is 27.8 Å². The molecular weight excluding hydrogens is 370 g/mol. The second-order valence-corrected chi connectivity index (χ2v) is 7.80. The monoisotopic (exact) mass is 395 g/mol. The number of H-pyrrole nitrogens is 1. The largest absolute Gasteiger partial charge is 0.453 e. The number of pyridine rings is 1. The third-order valence-corrected chi connectivity index (χ3v) is 5.13. The molecule has 1 saturated heterocycles. The lowest BCUT2D eigenvalue weighted by molar-refractivity contribution is 0.0848. The summed E-state index contributed by atoms with van der Waals surface area (Å²) < 4.78 is 6.57. The first-order valence-corrected chi connectivity index (χ1v) is 9.58. The minimum atomic E-state index is -0.290. The fourth-order valence-corrected chi connectivity index (χ4v) is 3.84. The number of ether oxygens (including phenoxy) is 1. The van der Waals surface area contributed by atoms with E-state index in [1.54, 1.807) is 15.5 Å². The van der Waals surface area contributed by atoms with Crippen molar-refractivity contribution in [3.63, 3.8) is 0 Å².